The van der Waals surface area contributed by atoms with E-state index in [1.54, 1.807) is 0 Å². The Kier molecular flexibility index (Phi) is 15.9. The molecule has 0 amide bonds. The van der Waals surface area contributed by atoms with Crippen LogP contribution in [0.1, 0.15) is 0 Å². The minimum absolute atomic E-state index is 0.298. The number of hydrogen-bond acceptors (Lipinski definition) is 5. The molecule has 135 heavy (non-hydrogen) atoms. The van der Waals surface area contributed by atoms with Gasteiger partial charge in [-0.2, -0.15) is 0 Å². The van der Waals surface area contributed by atoms with Crippen molar-refractivity contribution < 1.29 is 0 Å². The van der Waals surface area contributed by atoms with Crippen LogP contribution in [0.25, 0.3) is 300 Å². The summed E-state index contributed by atoms with van der Waals surface area (Å²) < 4.78 is 24.0. The second-order valence-corrected chi connectivity index (χ2v) is 43.8. The van der Waals surface area contributed by atoms with E-state index in [1.165, 1.54) is 300 Å². The topological polar surface area (TPSA) is 13.2 Å². The standard InChI is InChI=1S/2C42H23NS2.C42H23NSSe/c1-2-9-27-26(8-1)30-11-6-16-37-40(30)41-35(14-7-17-38(41)45-37)43-34-21-19-24(22-33(34)32-13-5-12-31(27)42(32)43)25-18-20-29-28-10-3-4-15-36(28)44-39(29)23-25;1-2-9-27-26(8-1)29-11-6-16-38-40(29)41-35(14-7-17-39(41)45-38)43-34-20-18-24(22-32(34)31-13-5-12-30(27)42(31)43)25-19-21-37-33(23-25)28-10-3-4-15-36(28)44-37;1-2-10-27-26(9-1)29-13-7-18-36-39(29)40-35(17-8-19-37(40)44-36)43-34-22-21-24(23-33(34)31-15-6-14-30(27)41(31)43)25-12-5-16-32-28-11-3-4-20-38(28)45-42(25)32/h3*1-23H. The summed E-state index contributed by atoms with van der Waals surface area (Å²) in [5, 5.41) is 39.5. The normalized spacial score (nSPS) is 12.4. The van der Waals surface area contributed by atoms with Crippen LogP contribution < -0.4 is 0 Å². The maximum absolute atomic E-state index is 2.56. The Bertz CT molecular complexity index is 11100. The first-order valence-electron chi connectivity index (χ1n) is 46.1. The van der Waals surface area contributed by atoms with Crippen LogP contribution in [0.2, 0.25) is 0 Å². The molecule has 0 fully saturated rings. The van der Waals surface area contributed by atoms with Gasteiger partial charge in [0, 0.05) is 113 Å². The van der Waals surface area contributed by atoms with Crippen LogP contribution in [0, 0.1) is 0 Å². The Morgan fingerprint density at radius 1 is 0.148 bits per heavy atom. The third kappa shape index (κ3) is 10.7. The van der Waals surface area contributed by atoms with Gasteiger partial charge in [0.2, 0.25) is 0 Å². The molecule has 33 rings (SSSR count). The predicted molar refractivity (Wildman–Crippen MR) is 595 cm³/mol. The number of benzene rings is 21. The van der Waals surface area contributed by atoms with Crippen molar-refractivity contribution in [1.29, 1.82) is 0 Å². The van der Waals surface area contributed by atoms with Crippen molar-refractivity contribution in [3.63, 3.8) is 0 Å². The van der Waals surface area contributed by atoms with Gasteiger partial charge in [-0.25, -0.2) is 0 Å². The fraction of sp³-hybridized carbons (Fsp3) is 0. The Morgan fingerprint density at radius 3 is 0.881 bits per heavy atom. The zero-order valence-corrected chi connectivity index (χ0v) is 77.9. The number of hydrogen-bond donors (Lipinski definition) is 0. The molecule has 0 unspecified atom stereocenters. The molecule has 624 valence electrons. The predicted octanol–water partition coefficient (Wildman–Crippen LogP) is 37.9. The molecule has 0 spiro atoms. The van der Waals surface area contributed by atoms with E-state index in [1.807, 2.05) is 56.7 Å². The minimum Gasteiger partial charge on any atom is -0.308 e. The van der Waals surface area contributed by atoms with Crippen molar-refractivity contribution in [2.24, 2.45) is 0 Å². The summed E-state index contributed by atoms with van der Waals surface area (Å²) >= 11 is 9.75. The molecule has 0 aliphatic carbocycles. The molecule has 12 aromatic heterocycles. The summed E-state index contributed by atoms with van der Waals surface area (Å²) in [4.78, 5) is 0. The Morgan fingerprint density at radius 2 is 0.422 bits per heavy atom. The number of thiophene rings is 5. The van der Waals surface area contributed by atoms with Crippen molar-refractivity contribution >= 4 is 338 Å². The first-order chi connectivity index (χ1) is 67.0. The van der Waals surface area contributed by atoms with Gasteiger partial charge in [0.1, 0.15) is 0 Å². The fourth-order valence-electron chi connectivity index (χ4n) is 23.6. The van der Waals surface area contributed by atoms with Crippen LogP contribution >= 0.6 is 56.7 Å². The van der Waals surface area contributed by atoms with E-state index in [0.29, 0.717) is 14.5 Å². The number of nitrogens with zero attached hydrogens (tertiary/aromatic N) is 3. The summed E-state index contributed by atoms with van der Waals surface area (Å²) in [6, 6.07) is 157. The average Bonchev–Trinajstić information content (AvgIpc) is 1.55. The average molecular weight is 1860 g/mol. The van der Waals surface area contributed by atoms with Gasteiger partial charge in [0.25, 0.3) is 0 Å². The second-order valence-electron chi connectivity index (χ2n) is 36.1. The first kappa shape index (κ1) is 75.2. The fourth-order valence-corrected chi connectivity index (χ4v) is 31.8. The molecule has 33 aromatic rings. The summed E-state index contributed by atoms with van der Waals surface area (Å²) in [6.07, 6.45) is 0. The Labute approximate surface area is 795 Å². The molecule has 21 aromatic carbocycles. The summed E-state index contributed by atoms with van der Waals surface area (Å²) in [5.74, 6) is 0. The van der Waals surface area contributed by atoms with E-state index in [9.17, 15) is 0 Å². The van der Waals surface area contributed by atoms with Gasteiger partial charge in [0.05, 0.1) is 33.1 Å². The van der Waals surface area contributed by atoms with Crippen molar-refractivity contribution in [1.82, 2.24) is 13.2 Å². The van der Waals surface area contributed by atoms with E-state index in [2.05, 4.69) is 432 Å². The van der Waals surface area contributed by atoms with Crippen LogP contribution in [-0.4, -0.2) is 27.7 Å². The molecule has 0 saturated heterocycles. The van der Waals surface area contributed by atoms with Crippen LogP contribution in [0.5, 0.6) is 0 Å². The Balaban J connectivity index is 0.0000000945. The van der Waals surface area contributed by atoms with Crippen LogP contribution in [-0.2, 0) is 0 Å². The van der Waals surface area contributed by atoms with Crippen molar-refractivity contribution in [2.75, 3.05) is 0 Å². The van der Waals surface area contributed by atoms with Crippen LogP contribution in [0.15, 0.2) is 419 Å². The van der Waals surface area contributed by atoms with E-state index in [-0.39, 0.29) is 0 Å². The first-order valence-corrected chi connectivity index (χ1v) is 51.9. The molecule has 0 saturated carbocycles. The van der Waals surface area contributed by atoms with Gasteiger partial charge in [-0.05, 0) is 146 Å². The van der Waals surface area contributed by atoms with Crippen LogP contribution in [0.3, 0.4) is 0 Å². The molecular weight excluding hydrogens is 1790 g/mol. The number of fused-ring (bicyclic) bond motifs is 30. The maximum atomic E-state index is 2.56. The molecular formula is C126H69N3S5Se. The molecule has 9 heteroatoms. The van der Waals surface area contributed by atoms with Crippen molar-refractivity contribution in [3.8, 4) is 33.4 Å². The van der Waals surface area contributed by atoms with Gasteiger partial charge in [0.15, 0.2) is 0 Å². The molecule has 0 bridgehead atoms. The third-order valence-electron chi connectivity index (χ3n) is 29.2. The summed E-state index contributed by atoms with van der Waals surface area (Å²) in [5.41, 5.74) is 19.0. The third-order valence-corrected chi connectivity index (χ3v) is 37.5. The molecule has 0 N–H and O–H groups in total. The number of aromatic nitrogens is 3. The van der Waals surface area contributed by atoms with Crippen molar-refractivity contribution in [2.45, 2.75) is 0 Å². The maximum Gasteiger partial charge on any atom is 0.0619 e. The smallest absolute Gasteiger partial charge is 0.0619 e. The molecule has 3 nitrogen and oxygen atoms in total. The van der Waals surface area contributed by atoms with Gasteiger partial charge in [-0.3, -0.25) is 0 Å². The van der Waals surface area contributed by atoms with Gasteiger partial charge in [-0.1, -0.05) is 194 Å². The molecule has 0 atom stereocenters. The molecule has 0 aliphatic rings. The van der Waals surface area contributed by atoms with Crippen LogP contribution in [0.4, 0.5) is 0 Å². The largest absolute Gasteiger partial charge is 0.308 e. The van der Waals surface area contributed by atoms with Gasteiger partial charge < -0.3 is 8.80 Å². The minimum atomic E-state index is 0.298. The monoisotopic (exact) mass is 1860 g/mol. The van der Waals surface area contributed by atoms with Crippen molar-refractivity contribution in [3.05, 3.63) is 419 Å². The number of rotatable bonds is 3. The summed E-state index contributed by atoms with van der Waals surface area (Å²) in [6.45, 7) is 0. The van der Waals surface area contributed by atoms with E-state index >= 15 is 0 Å². The second kappa shape index (κ2) is 28.6. The molecule has 0 aliphatic heterocycles. The van der Waals surface area contributed by atoms with Gasteiger partial charge >= 0.3 is 263 Å². The van der Waals surface area contributed by atoms with E-state index in [4.69, 9.17) is 0 Å². The van der Waals surface area contributed by atoms with E-state index in [0.717, 1.165) is 0 Å². The molecule has 0 radical (unpaired) electrons. The summed E-state index contributed by atoms with van der Waals surface area (Å²) in [7, 11) is 0. The zero-order valence-electron chi connectivity index (χ0n) is 72.1. The van der Waals surface area contributed by atoms with E-state index < -0.39 is 0 Å². The zero-order chi connectivity index (χ0) is 87.7. The van der Waals surface area contributed by atoms with Gasteiger partial charge in [-0.15, -0.1) is 45.3 Å². The molecule has 12 heterocycles. The SMILES string of the molecule is c1ccc2c(c1)[se]c1c(-c3ccc4c(c3)c3cccc5c6ccccc6c6cccc7sc8cccc(c8c76)n4c53)cccc12.c1ccc2c(c1)sc1cc(-c3ccc4c(c3)c3cccc5c6ccccc6c6cccc7sc8cccc(c8c76)n4c53)ccc12.c1ccc2c(c1)sc1ccc(-c3ccc4c(c3)c3cccc5c6ccccc6c6cccc7sc8cccc(c8c76)n4c53)cc12. The Hall–Kier alpha value is -15.4. The quantitative estimate of drug-likeness (QED) is 0.156. The number of para-hydroxylation sites is 3.